The molecular formula is C15H25N3O2. The Hall–Kier alpha value is -1.10. The van der Waals surface area contributed by atoms with Gasteiger partial charge in [0.2, 0.25) is 11.8 Å². The molecule has 5 nitrogen and oxygen atoms in total. The predicted molar refractivity (Wildman–Crippen MR) is 76.1 cm³/mol. The van der Waals surface area contributed by atoms with Crippen molar-refractivity contribution in [2.75, 3.05) is 13.6 Å². The van der Waals surface area contributed by atoms with Crippen LogP contribution in [0.5, 0.6) is 0 Å². The fraction of sp³-hybridized carbons (Fsp3) is 0.867. The van der Waals surface area contributed by atoms with Crippen molar-refractivity contribution < 1.29 is 9.59 Å². The van der Waals surface area contributed by atoms with Gasteiger partial charge >= 0.3 is 0 Å². The van der Waals surface area contributed by atoms with E-state index in [1.54, 1.807) is 7.05 Å². The standard InChI is InChI=1S/C15H25N3O2/c1-16-15(20)13-3-2-6-18(13)14(19)9-10-7-11-4-5-12(8-10)17-11/h10-13,17H,2-9H2,1H3,(H,16,20). The number of piperidine rings is 1. The number of fused-ring (bicyclic) bond motifs is 2. The van der Waals surface area contributed by atoms with Crippen molar-refractivity contribution in [3.63, 3.8) is 0 Å². The van der Waals surface area contributed by atoms with E-state index in [0.29, 0.717) is 24.4 Å². The quantitative estimate of drug-likeness (QED) is 0.797. The number of nitrogens with one attached hydrogen (secondary N) is 2. The van der Waals surface area contributed by atoms with E-state index in [-0.39, 0.29) is 17.9 Å². The van der Waals surface area contributed by atoms with E-state index in [9.17, 15) is 9.59 Å². The van der Waals surface area contributed by atoms with Gasteiger partial charge in [-0.1, -0.05) is 0 Å². The van der Waals surface area contributed by atoms with Crippen LogP contribution in [0.2, 0.25) is 0 Å². The summed E-state index contributed by atoms with van der Waals surface area (Å²) in [5.74, 6) is 0.677. The minimum absolute atomic E-state index is 0.0127. The molecular weight excluding hydrogens is 254 g/mol. The Bertz CT molecular complexity index is 387. The number of likely N-dealkylation sites (tertiary alicyclic amines) is 1. The van der Waals surface area contributed by atoms with E-state index in [4.69, 9.17) is 0 Å². The number of nitrogens with zero attached hydrogens (tertiary/aromatic N) is 1. The first-order valence-corrected chi connectivity index (χ1v) is 7.94. The molecule has 3 saturated heterocycles. The van der Waals surface area contributed by atoms with Crippen LogP contribution < -0.4 is 10.6 Å². The molecule has 5 heteroatoms. The molecule has 3 heterocycles. The summed E-state index contributed by atoms with van der Waals surface area (Å²) in [6.07, 6.45) is 7.16. The lowest BCUT2D eigenvalue weighted by Crippen LogP contribution is -2.46. The van der Waals surface area contributed by atoms with Gasteiger partial charge in [-0.2, -0.15) is 0 Å². The van der Waals surface area contributed by atoms with Crippen LogP contribution in [0.15, 0.2) is 0 Å². The van der Waals surface area contributed by atoms with Crippen molar-refractivity contribution in [1.82, 2.24) is 15.5 Å². The molecule has 3 aliphatic rings. The second-order valence-electron chi connectivity index (χ2n) is 6.54. The minimum Gasteiger partial charge on any atom is -0.357 e. The van der Waals surface area contributed by atoms with Gasteiger partial charge < -0.3 is 15.5 Å². The van der Waals surface area contributed by atoms with Crippen LogP contribution in [0.3, 0.4) is 0 Å². The second kappa shape index (κ2) is 5.72. The lowest BCUT2D eigenvalue weighted by molar-refractivity contribution is -0.139. The normalized spacial score (nSPS) is 36.1. The Morgan fingerprint density at radius 1 is 1.20 bits per heavy atom. The average Bonchev–Trinajstić information content (AvgIpc) is 3.05. The van der Waals surface area contributed by atoms with Crippen molar-refractivity contribution in [3.05, 3.63) is 0 Å². The first kappa shape index (κ1) is 13.9. The van der Waals surface area contributed by atoms with Crippen molar-refractivity contribution in [1.29, 1.82) is 0 Å². The highest BCUT2D eigenvalue weighted by Crippen LogP contribution is 2.33. The molecule has 20 heavy (non-hydrogen) atoms. The summed E-state index contributed by atoms with van der Waals surface area (Å²) in [7, 11) is 1.65. The zero-order chi connectivity index (χ0) is 14.1. The maximum Gasteiger partial charge on any atom is 0.242 e. The molecule has 3 aliphatic heterocycles. The van der Waals surface area contributed by atoms with Crippen molar-refractivity contribution in [2.45, 2.75) is 63.1 Å². The van der Waals surface area contributed by atoms with Crippen LogP contribution in [0.4, 0.5) is 0 Å². The Morgan fingerprint density at radius 2 is 1.90 bits per heavy atom. The third kappa shape index (κ3) is 2.68. The summed E-state index contributed by atoms with van der Waals surface area (Å²) in [5, 5.41) is 6.29. The maximum atomic E-state index is 12.5. The highest BCUT2D eigenvalue weighted by Gasteiger charge is 2.37. The predicted octanol–water partition coefficient (Wildman–Crippen LogP) is 0.644. The van der Waals surface area contributed by atoms with Crippen molar-refractivity contribution in [2.24, 2.45) is 5.92 Å². The molecule has 3 fully saturated rings. The topological polar surface area (TPSA) is 61.4 Å². The number of rotatable bonds is 3. The Balaban J connectivity index is 1.57. The average molecular weight is 279 g/mol. The fourth-order valence-electron chi connectivity index (χ4n) is 4.21. The SMILES string of the molecule is CNC(=O)C1CCCN1C(=O)CC1CC2CCC(C1)N2. The Morgan fingerprint density at radius 3 is 2.55 bits per heavy atom. The van der Waals surface area contributed by atoms with Gasteiger partial charge in [-0.15, -0.1) is 0 Å². The molecule has 3 rings (SSSR count). The van der Waals surface area contributed by atoms with Crippen LogP contribution in [0.1, 0.15) is 44.9 Å². The molecule has 0 saturated carbocycles. The third-order valence-electron chi connectivity index (χ3n) is 5.16. The highest BCUT2D eigenvalue weighted by molar-refractivity contribution is 5.88. The smallest absolute Gasteiger partial charge is 0.242 e. The van der Waals surface area contributed by atoms with Gasteiger partial charge in [-0.3, -0.25) is 9.59 Å². The van der Waals surface area contributed by atoms with E-state index in [2.05, 4.69) is 10.6 Å². The Kier molecular flexibility index (Phi) is 3.96. The van der Waals surface area contributed by atoms with Gasteiger partial charge in [0, 0.05) is 32.1 Å². The van der Waals surface area contributed by atoms with E-state index >= 15 is 0 Å². The highest BCUT2D eigenvalue weighted by atomic mass is 16.2. The molecule has 3 unspecified atom stereocenters. The molecule has 2 bridgehead atoms. The molecule has 2 amide bonds. The summed E-state index contributed by atoms with van der Waals surface area (Å²) in [6, 6.07) is 1.02. The molecule has 0 spiro atoms. The number of carbonyl (C=O) groups excluding carboxylic acids is 2. The molecule has 3 atom stereocenters. The van der Waals surface area contributed by atoms with E-state index in [1.807, 2.05) is 4.90 Å². The Labute approximate surface area is 120 Å². The van der Waals surface area contributed by atoms with Gasteiger partial charge in [0.25, 0.3) is 0 Å². The van der Waals surface area contributed by atoms with E-state index in [1.165, 1.54) is 12.8 Å². The van der Waals surface area contributed by atoms with Gasteiger partial charge in [-0.05, 0) is 44.4 Å². The number of hydrogen-bond donors (Lipinski definition) is 2. The maximum absolute atomic E-state index is 12.5. The van der Waals surface area contributed by atoms with Crippen molar-refractivity contribution >= 4 is 11.8 Å². The van der Waals surface area contributed by atoms with Crippen LogP contribution in [-0.2, 0) is 9.59 Å². The molecule has 0 aromatic heterocycles. The molecule has 0 aromatic rings. The van der Waals surface area contributed by atoms with Crippen LogP contribution >= 0.6 is 0 Å². The second-order valence-corrected chi connectivity index (χ2v) is 6.54. The molecule has 112 valence electrons. The number of likely N-dealkylation sites (N-methyl/N-ethyl adjacent to an activating group) is 1. The van der Waals surface area contributed by atoms with E-state index < -0.39 is 0 Å². The number of carbonyl (C=O) groups is 2. The molecule has 0 aliphatic carbocycles. The zero-order valence-corrected chi connectivity index (χ0v) is 12.2. The van der Waals surface area contributed by atoms with Crippen LogP contribution in [0.25, 0.3) is 0 Å². The van der Waals surface area contributed by atoms with Crippen molar-refractivity contribution in [3.8, 4) is 0 Å². The summed E-state index contributed by atoms with van der Waals surface area (Å²) in [5.41, 5.74) is 0. The fourth-order valence-corrected chi connectivity index (χ4v) is 4.21. The van der Waals surface area contributed by atoms with E-state index in [0.717, 1.165) is 32.2 Å². The van der Waals surface area contributed by atoms with Gasteiger partial charge in [-0.25, -0.2) is 0 Å². The first-order valence-electron chi connectivity index (χ1n) is 7.94. The summed E-state index contributed by atoms with van der Waals surface area (Å²) in [4.78, 5) is 26.1. The third-order valence-corrected chi connectivity index (χ3v) is 5.16. The van der Waals surface area contributed by atoms with Crippen LogP contribution in [0, 0.1) is 5.92 Å². The number of amides is 2. The summed E-state index contributed by atoms with van der Waals surface area (Å²) in [6.45, 7) is 0.745. The van der Waals surface area contributed by atoms with Crippen LogP contribution in [-0.4, -0.2) is 48.4 Å². The lowest BCUT2D eigenvalue weighted by atomic mass is 9.89. The van der Waals surface area contributed by atoms with Gasteiger partial charge in [0.05, 0.1) is 0 Å². The molecule has 0 radical (unpaired) electrons. The summed E-state index contributed by atoms with van der Waals surface area (Å²) >= 11 is 0. The monoisotopic (exact) mass is 279 g/mol. The first-order chi connectivity index (χ1) is 9.67. The van der Waals surface area contributed by atoms with Gasteiger partial charge in [0.15, 0.2) is 0 Å². The summed E-state index contributed by atoms with van der Waals surface area (Å²) < 4.78 is 0. The largest absolute Gasteiger partial charge is 0.357 e. The lowest BCUT2D eigenvalue weighted by Gasteiger charge is -2.31. The number of hydrogen-bond acceptors (Lipinski definition) is 3. The molecule has 0 aromatic carbocycles. The zero-order valence-electron chi connectivity index (χ0n) is 12.2. The molecule has 2 N–H and O–H groups in total. The minimum atomic E-state index is -0.231. The van der Waals surface area contributed by atoms with Gasteiger partial charge in [0.1, 0.15) is 6.04 Å².